The summed E-state index contributed by atoms with van der Waals surface area (Å²) in [6.45, 7) is -1.34. The van der Waals surface area contributed by atoms with Crippen LogP contribution in [0, 0.1) is 0 Å². The number of ether oxygens (including phenoxy) is 1. The number of alkyl halides is 5. The van der Waals surface area contributed by atoms with E-state index in [9.17, 15) is 26.7 Å². The molecule has 4 heterocycles. The lowest BCUT2D eigenvalue weighted by Crippen LogP contribution is -2.59. The van der Waals surface area contributed by atoms with E-state index in [2.05, 4.69) is 22.4 Å². The van der Waals surface area contributed by atoms with E-state index in [4.69, 9.17) is 14.6 Å². The Balaban J connectivity index is 0.000000405. The van der Waals surface area contributed by atoms with Gasteiger partial charge in [0.25, 0.3) is 5.91 Å². The normalized spacial score (nSPS) is 22.0. The van der Waals surface area contributed by atoms with Gasteiger partial charge in [0.15, 0.2) is 0 Å². The maximum Gasteiger partial charge on any atom is 0.490 e. The largest absolute Gasteiger partial charge is 0.490 e. The number of nitrogens with zero attached hydrogens (tertiary/aromatic N) is 4. The molecule has 2 aliphatic heterocycles. The highest BCUT2D eigenvalue weighted by Crippen LogP contribution is 2.28. The Hall–Kier alpha value is -3.52. The fourth-order valence-corrected chi connectivity index (χ4v) is 4.61. The lowest BCUT2D eigenvalue weighted by molar-refractivity contribution is -0.192. The van der Waals surface area contributed by atoms with Crippen molar-refractivity contribution in [2.45, 2.75) is 43.7 Å². The van der Waals surface area contributed by atoms with Crippen LogP contribution < -0.4 is 5.32 Å². The van der Waals surface area contributed by atoms with Gasteiger partial charge in [-0.2, -0.15) is 27.1 Å². The lowest BCUT2D eigenvalue weighted by Gasteiger charge is -2.46. The number of halogens is 5. The molecule has 2 atom stereocenters. The number of amides is 1. The first-order valence-corrected chi connectivity index (χ1v) is 11.3. The molecule has 0 saturated carbocycles. The van der Waals surface area contributed by atoms with Crippen molar-refractivity contribution >= 4 is 22.8 Å². The van der Waals surface area contributed by atoms with E-state index in [0.29, 0.717) is 41.2 Å². The average molecular weight is 529 g/mol. The first-order valence-electron chi connectivity index (χ1n) is 11.3. The van der Waals surface area contributed by atoms with E-state index in [1.165, 1.54) is 12.4 Å². The number of rotatable bonds is 4. The molecule has 2 fully saturated rings. The van der Waals surface area contributed by atoms with Crippen LogP contribution in [0.4, 0.5) is 22.0 Å². The topological polar surface area (TPSA) is 102 Å². The Morgan fingerprint density at radius 2 is 1.76 bits per heavy atom. The SMILES string of the molecule is CN1C2COCC1CC(NC(=O)c1cn(-c3cnn(C(F)F)c3)c3ccccc13)C2.O=C(O)C(F)(F)F. The molecule has 200 valence electrons. The summed E-state index contributed by atoms with van der Waals surface area (Å²) in [5, 5.41) is 14.8. The van der Waals surface area contributed by atoms with Gasteiger partial charge in [-0.1, -0.05) is 18.2 Å². The molecule has 2 saturated heterocycles. The minimum Gasteiger partial charge on any atom is -0.475 e. The number of carbonyl (C=O) groups is 2. The van der Waals surface area contributed by atoms with E-state index in [1.54, 1.807) is 10.8 Å². The quantitative estimate of drug-likeness (QED) is 0.503. The molecular weight excluding hydrogens is 505 g/mol. The summed E-state index contributed by atoms with van der Waals surface area (Å²) in [7, 11) is 2.11. The smallest absolute Gasteiger partial charge is 0.475 e. The van der Waals surface area contributed by atoms with Gasteiger partial charge in [0.1, 0.15) is 0 Å². The van der Waals surface area contributed by atoms with Gasteiger partial charge >= 0.3 is 18.7 Å². The van der Waals surface area contributed by atoms with Crippen LogP contribution in [0.2, 0.25) is 0 Å². The molecular formula is C23H24F5N5O4. The zero-order valence-corrected chi connectivity index (χ0v) is 19.5. The van der Waals surface area contributed by atoms with Crippen molar-refractivity contribution in [1.29, 1.82) is 0 Å². The van der Waals surface area contributed by atoms with Crippen LogP contribution in [0.25, 0.3) is 16.6 Å². The zero-order valence-electron chi connectivity index (χ0n) is 19.5. The van der Waals surface area contributed by atoms with E-state index < -0.39 is 18.7 Å². The molecule has 1 amide bonds. The number of benzene rings is 1. The van der Waals surface area contributed by atoms with Crippen LogP contribution in [-0.2, 0) is 9.53 Å². The molecule has 2 unspecified atom stereocenters. The second-order valence-corrected chi connectivity index (χ2v) is 8.84. The maximum absolute atomic E-state index is 13.2. The molecule has 2 N–H and O–H groups in total. The van der Waals surface area contributed by atoms with Crippen LogP contribution in [0.1, 0.15) is 29.7 Å². The van der Waals surface area contributed by atoms with Crippen LogP contribution >= 0.6 is 0 Å². The van der Waals surface area contributed by atoms with Gasteiger partial charge in [0, 0.05) is 29.7 Å². The number of hydrogen-bond acceptors (Lipinski definition) is 5. The minimum absolute atomic E-state index is 0.0799. The predicted octanol–water partition coefficient (Wildman–Crippen LogP) is 3.45. The molecule has 2 bridgehead atoms. The number of morpholine rings is 1. The van der Waals surface area contributed by atoms with Gasteiger partial charge < -0.3 is 19.7 Å². The molecule has 0 aliphatic carbocycles. The Kier molecular flexibility index (Phi) is 7.50. The Morgan fingerprint density at radius 1 is 1.14 bits per heavy atom. The number of carboxylic acids is 1. The van der Waals surface area contributed by atoms with Gasteiger partial charge in [-0.05, 0) is 26.0 Å². The first kappa shape index (κ1) is 26.5. The van der Waals surface area contributed by atoms with Gasteiger partial charge in [-0.15, -0.1) is 0 Å². The number of likely N-dealkylation sites (N-methyl/N-ethyl adjacent to an activating group) is 1. The van der Waals surface area contributed by atoms with Crippen molar-refractivity contribution in [3.8, 4) is 5.69 Å². The van der Waals surface area contributed by atoms with Crippen molar-refractivity contribution in [3.63, 3.8) is 0 Å². The number of piperidine rings is 1. The minimum atomic E-state index is -5.08. The van der Waals surface area contributed by atoms with Gasteiger partial charge in [-0.25, -0.2) is 9.48 Å². The summed E-state index contributed by atoms with van der Waals surface area (Å²) in [5.41, 5.74) is 1.78. The summed E-state index contributed by atoms with van der Waals surface area (Å²) in [6, 6.07) is 8.16. The number of fused-ring (bicyclic) bond motifs is 3. The van der Waals surface area contributed by atoms with Crippen LogP contribution in [0.3, 0.4) is 0 Å². The summed E-state index contributed by atoms with van der Waals surface area (Å²) < 4.78 is 65.6. The third-order valence-corrected chi connectivity index (χ3v) is 6.49. The van der Waals surface area contributed by atoms with Crippen molar-refractivity contribution in [2.24, 2.45) is 0 Å². The molecule has 5 rings (SSSR count). The number of para-hydroxylation sites is 1. The van der Waals surface area contributed by atoms with E-state index in [1.807, 2.05) is 24.3 Å². The average Bonchev–Trinajstić information content (AvgIpc) is 3.45. The fourth-order valence-electron chi connectivity index (χ4n) is 4.61. The van der Waals surface area contributed by atoms with Gasteiger partial charge in [0.2, 0.25) is 0 Å². The maximum atomic E-state index is 13.2. The number of aliphatic carboxylic acids is 1. The van der Waals surface area contributed by atoms with Gasteiger partial charge in [0.05, 0.1) is 42.4 Å². The summed E-state index contributed by atoms with van der Waals surface area (Å²) in [4.78, 5) is 24.4. The van der Waals surface area contributed by atoms with E-state index in [-0.39, 0.29) is 11.9 Å². The molecule has 37 heavy (non-hydrogen) atoms. The van der Waals surface area contributed by atoms with Crippen LogP contribution in [0.5, 0.6) is 0 Å². The van der Waals surface area contributed by atoms with Crippen molar-refractivity contribution in [1.82, 2.24) is 24.6 Å². The summed E-state index contributed by atoms with van der Waals surface area (Å²) in [5.74, 6) is -2.91. The lowest BCUT2D eigenvalue weighted by atomic mass is 9.90. The van der Waals surface area contributed by atoms with E-state index >= 15 is 0 Å². The van der Waals surface area contributed by atoms with E-state index in [0.717, 1.165) is 23.7 Å². The van der Waals surface area contributed by atoms with Crippen LogP contribution in [-0.4, -0.2) is 80.8 Å². The third kappa shape index (κ3) is 5.74. The van der Waals surface area contributed by atoms with Crippen molar-refractivity contribution in [3.05, 3.63) is 48.4 Å². The number of carboxylic acid groups (broad SMARTS) is 1. The monoisotopic (exact) mass is 529 g/mol. The molecule has 0 radical (unpaired) electrons. The Labute approximate surface area is 207 Å². The Bertz CT molecular complexity index is 1260. The molecule has 3 aromatic rings. The van der Waals surface area contributed by atoms with Crippen molar-refractivity contribution < 1.29 is 41.4 Å². The van der Waals surface area contributed by atoms with Crippen molar-refractivity contribution in [2.75, 3.05) is 20.3 Å². The molecule has 9 nitrogen and oxygen atoms in total. The highest BCUT2D eigenvalue weighted by atomic mass is 19.4. The number of carbonyl (C=O) groups excluding carboxylic acids is 1. The molecule has 14 heteroatoms. The number of aromatic nitrogens is 3. The third-order valence-electron chi connectivity index (χ3n) is 6.49. The molecule has 1 aromatic carbocycles. The molecule has 0 spiro atoms. The fraction of sp³-hybridized carbons (Fsp3) is 0.435. The predicted molar refractivity (Wildman–Crippen MR) is 121 cm³/mol. The summed E-state index contributed by atoms with van der Waals surface area (Å²) in [6.07, 6.45) is 0.957. The Morgan fingerprint density at radius 3 is 2.32 bits per heavy atom. The second-order valence-electron chi connectivity index (χ2n) is 8.84. The first-order chi connectivity index (χ1) is 17.5. The number of nitrogens with one attached hydrogen (secondary N) is 1. The molecule has 2 aliphatic rings. The highest BCUT2D eigenvalue weighted by Gasteiger charge is 2.38. The highest BCUT2D eigenvalue weighted by molar-refractivity contribution is 6.07. The zero-order chi connectivity index (χ0) is 26.9. The summed E-state index contributed by atoms with van der Waals surface area (Å²) >= 11 is 0. The molecule has 2 aromatic heterocycles. The van der Waals surface area contributed by atoms with Crippen LogP contribution in [0.15, 0.2) is 42.9 Å². The standard InChI is InChI=1S/C21H23F2N5O2.C2HF3O2/c1-26-14-6-13(7-15(26)12-30-11-14)25-20(29)18-10-27(19-5-3-2-4-17(18)19)16-8-24-28(9-16)21(22)23;3-2(4,5)1(6)7/h2-5,8-10,13-15,21H,6-7,11-12H2,1H3,(H,25,29);(H,6,7). The second kappa shape index (κ2) is 10.5. The number of hydrogen-bond donors (Lipinski definition) is 2. The van der Waals surface area contributed by atoms with Gasteiger partial charge in [-0.3, -0.25) is 9.69 Å².